The van der Waals surface area contributed by atoms with Gasteiger partial charge >= 0.3 is 0 Å². The van der Waals surface area contributed by atoms with Gasteiger partial charge in [0, 0.05) is 9.50 Å². The average molecular weight is 398 g/mol. The quantitative estimate of drug-likeness (QED) is 0.778. The molecule has 2 rings (SSSR count). The molecule has 2 N–H and O–H groups in total. The lowest BCUT2D eigenvalue weighted by Crippen LogP contribution is -2.43. The lowest BCUT2D eigenvalue weighted by Gasteiger charge is -2.10. The second-order valence-corrected chi connectivity index (χ2v) is 5.94. The zero-order chi connectivity index (χ0) is 16.8. The summed E-state index contributed by atoms with van der Waals surface area (Å²) in [5, 5.41) is 0.627. The Morgan fingerprint density at radius 3 is 2.61 bits per heavy atom. The number of amides is 2. The van der Waals surface area contributed by atoms with Crippen molar-refractivity contribution in [3.05, 3.63) is 63.1 Å². The fourth-order valence-corrected chi connectivity index (χ4v) is 2.31. The molecule has 0 aliphatic rings. The van der Waals surface area contributed by atoms with Crippen molar-refractivity contribution in [3.63, 3.8) is 0 Å². The Morgan fingerprint density at radius 1 is 1.17 bits per heavy atom. The summed E-state index contributed by atoms with van der Waals surface area (Å²) < 4.78 is 5.97. The second kappa shape index (κ2) is 7.99. The van der Waals surface area contributed by atoms with Gasteiger partial charge in [-0.15, -0.1) is 0 Å². The summed E-state index contributed by atoms with van der Waals surface area (Å²) in [5.74, 6) is -0.370. The van der Waals surface area contributed by atoms with Crippen LogP contribution in [0.3, 0.4) is 0 Å². The van der Waals surface area contributed by atoms with E-state index in [0.717, 1.165) is 5.56 Å². The number of nitrogens with one attached hydrogen (secondary N) is 2. The highest BCUT2D eigenvalue weighted by molar-refractivity contribution is 9.10. The maximum absolute atomic E-state index is 11.9. The Morgan fingerprint density at radius 2 is 1.91 bits per heavy atom. The molecule has 2 aromatic rings. The third-order valence-electron chi connectivity index (χ3n) is 2.93. The lowest BCUT2D eigenvalue weighted by atomic mass is 10.2. The zero-order valence-electron chi connectivity index (χ0n) is 12.2. The molecule has 0 atom stereocenters. The van der Waals surface area contributed by atoms with Crippen LogP contribution >= 0.6 is 27.5 Å². The van der Waals surface area contributed by atoms with E-state index < -0.39 is 11.8 Å². The Hall–Kier alpha value is -2.05. The summed E-state index contributed by atoms with van der Waals surface area (Å²) in [6.45, 7) is 1.62. The molecule has 0 spiro atoms. The Kier molecular flexibility index (Phi) is 6.01. The van der Waals surface area contributed by atoms with E-state index in [2.05, 4.69) is 26.8 Å². The fourth-order valence-electron chi connectivity index (χ4n) is 1.73. The molecule has 0 saturated heterocycles. The summed E-state index contributed by atoms with van der Waals surface area (Å²) >= 11 is 9.18. The molecule has 23 heavy (non-hydrogen) atoms. The molecule has 0 saturated carbocycles. The van der Waals surface area contributed by atoms with E-state index in [-0.39, 0.29) is 6.61 Å². The van der Waals surface area contributed by atoms with Crippen molar-refractivity contribution in [3.8, 4) is 5.75 Å². The summed E-state index contributed by atoms with van der Waals surface area (Å²) in [4.78, 5) is 23.6. The van der Waals surface area contributed by atoms with Gasteiger partial charge in [-0.05, 0) is 58.7 Å². The minimum absolute atomic E-state index is 0.225. The van der Waals surface area contributed by atoms with Crippen LogP contribution in [0.15, 0.2) is 46.9 Å². The van der Waals surface area contributed by atoms with Crippen LogP contribution < -0.4 is 15.6 Å². The molecular weight excluding hydrogens is 384 g/mol. The number of hydrazine groups is 1. The highest BCUT2D eigenvalue weighted by Gasteiger charge is 2.10. The van der Waals surface area contributed by atoms with Crippen LogP contribution in [0, 0.1) is 6.92 Å². The molecule has 0 fully saturated rings. The largest absolute Gasteiger partial charge is 0.484 e. The maximum Gasteiger partial charge on any atom is 0.276 e. The van der Waals surface area contributed by atoms with Gasteiger partial charge in [0.15, 0.2) is 6.61 Å². The number of ether oxygens (including phenoxy) is 1. The predicted octanol–water partition coefficient (Wildman–Crippen LogP) is 3.25. The molecule has 120 valence electrons. The van der Waals surface area contributed by atoms with Crippen molar-refractivity contribution in [2.24, 2.45) is 0 Å². The molecule has 0 heterocycles. The van der Waals surface area contributed by atoms with Crippen molar-refractivity contribution < 1.29 is 14.3 Å². The molecule has 7 heteroatoms. The van der Waals surface area contributed by atoms with Crippen LogP contribution in [-0.2, 0) is 4.79 Å². The molecule has 0 unspecified atom stereocenters. The summed E-state index contributed by atoms with van der Waals surface area (Å²) in [5.41, 5.74) is 5.89. The first-order chi connectivity index (χ1) is 11.0. The first kappa shape index (κ1) is 17.3. The monoisotopic (exact) mass is 396 g/mol. The van der Waals surface area contributed by atoms with Gasteiger partial charge in [-0.2, -0.15) is 0 Å². The number of aryl methyl sites for hydroxylation is 1. The molecular formula is C16H14BrClN2O3. The first-order valence-corrected chi connectivity index (χ1v) is 7.87. The standard InChI is InChI=1S/C16H14BrClN2O3/c1-10-8-11(6-7-14(10)18)23-9-15(21)19-20-16(22)12-4-2-3-5-13(12)17/h2-8H,9H2,1H3,(H,19,21)(H,20,22). The number of hydrogen-bond acceptors (Lipinski definition) is 3. The Bertz CT molecular complexity index is 737. The van der Waals surface area contributed by atoms with E-state index in [9.17, 15) is 9.59 Å². The molecule has 0 bridgehead atoms. The SMILES string of the molecule is Cc1cc(OCC(=O)NNC(=O)c2ccccc2Br)ccc1Cl. The Balaban J connectivity index is 1.82. The van der Waals surface area contributed by atoms with Crippen LogP contribution in [0.4, 0.5) is 0 Å². The third-order valence-corrected chi connectivity index (χ3v) is 4.05. The van der Waals surface area contributed by atoms with Crippen LogP contribution in [0.1, 0.15) is 15.9 Å². The van der Waals surface area contributed by atoms with Gasteiger partial charge in [0.05, 0.1) is 5.56 Å². The number of halogens is 2. The van der Waals surface area contributed by atoms with Gasteiger partial charge in [-0.3, -0.25) is 20.4 Å². The molecule has 2 amide bonds. The van der Waals surface area contributed by atoms with Gasteiger partial charge in [-0.25, -0.2) is 0 Å². The topological polar surface area (TPSA) is 67.4 Å². The molecule has 2 aromatic carbocycles. The van der Waals surface area contributed by atoms with Crippen molar-refractivity contribution in [1.82, 2.24) is 10.9 Å². The van der Waals surface area contributed by atoms with Gasteiger partial charge in [0.25, 0.3) is 11.8 Å². The minimum atomic E-state index is -0.474. The van der Waals surface area contributed by atoms with E-state index in [1.807, 2.05) is 6.92 Å². The molecule has 0 aromatic heterocycles. The summed E-state index contributed by atoms with van der Waals surface area (Å²) in [6, 6.07) is 12.0. The van der Waals surface area contributed by atoms with E-state index in [4.69, 9.17) is 16.3 Å². The van der Waals surface area contributed by atoms with Crippen LogP contribution in [-0.4, -0.2) is 18.4 Å². The van der Waals surface area contributed by atoms with Crippen LogP contribution in [0.2, 0.25) is 5.02 Å². The second-order valence-electron chi connectivity index (χ2n) is 4.68. The van der Waals surface area contributed by atoms with Crippen LogP contribution in [0.5, 0.6) is 5.75 Å². The Labute approximate surface area is 147 Å². The maximum atomic E-state index is 11.9. The smallest absolute Gasteiger partial charge is 0.276 e. The zero-order valence-corrected chi connectivity index (χ0v) is 14.6. The first-order valence-electron chi connectivity index (χ1n) is 6.70. The summed E-state index contributed by atoms with van der Waals surface area (Å²) in [7, 11) is 0. The fraction of sp³-hybridized carbons (Fsp3) is 0.125. The summed E-state index contributed by atoms with van der Waals surface area (Å²) in [6.07, 6.45) is 0. The van der Waals surface area contributed by atoms with E-state index >= 15 is 0 Å². The number of carbonyl (C=O) groups is 2. The number of carbonyl (C=O) groups excluding carboxylic acids is 2. The molecule has 0 radical (unpaired) electrons. The highest BCUT2D eigenvalue weighted by atomic mass is 79.9. The van der Waals surface area contributed by atoms with E-state index in [0.29, 0.717) is 20.8 Å². The predicted molar refractivity (Wildman–Crippen MR) is 91.4 cm³/mol. The van der Waals surface area contributed by atoms with Crippen LogP contribution in [0.25, 0.3) is 0 Å². The van der Waals surface area contributed by atoms with Crippen molar-refractivity contribution in [1.29, 1.82) is 0 Å². The van der Waals surface area contributed by atoms with Gasteiger partial charge in [0.2, 0.25) is 0 Å². The van der Waals surface area contributed by atoms with Crippen molar-refractivity contribution >= 4 is 39.3 Å². The number of benzene rings is 2. The number of rotatable bonds is 4. The minimum Gasteiger partial charge on any atom is -0.484 e. The van der Waals surface area contributed by atoms with Gasteiger partial charge < -0.3 is 4.74 Å². The number of hydrogen-bond donors (Lipinski definition) is 2. The van der Waals surface area contributed by atoms with E-state index in [1.165, 1.54) is 0 Å². The average Bonchev–Trinajstić information content (AvgIpc) is 2.54. The van der Waals surface area contributed by atoms with Gasteiger partial charge in [-0.1, -0.05) is 23.7 Å². The normalized spacial score (nSPS) is 10.0. The third kappa shape index (κ3) is 4.97. The van der Waals surface area contributed by atoms with E-state index in [1.54, 1.807) is 42.5 Å². The van der Waals surface area contributed by atoms with Crippen molar-refractivity contribution in [2.45, 2.75) is 6.92 Å². The molecule has 0 aliphatic carbocycles. The van der Waals surface area contributed by atoms with Crippen molar-refractivity contribution in [2.75, 3.05) is 6.61 Å². The van der Waals surface area contributed by atoms with Gasteiger partial charge in [0.1, 0.15) is 5.75 Å². The lowest BCUT2D eigenvalue weighted by molar-refractivity contribution is -0.123. The molecule has 5 nitrogen and oxygen atoms in total. The molecule has 0 aliphatic heterocycles. The highest BCUT2D eigenvalue weighted by Crippen LogP contribution is 2.20.